The number of benzene rings is 1. The number of carbonyl (C=O) groups excluding carboxylic acids is 1. The van der Waals surface area contributed by atoms with Crippen LogP contribution in [0.4, 0.5) is 23.0 Å². The maximum absolute atomic E-state index is 12.3. The van der Waals surface area contributed by atoms with E-state index in [1.54, 1.807) is 17.9 Å². The zero-order valence-corrected chi connectivity index (χ0v) is 24.7. The third kappa shape index (κ3) is 6.50. The molecular weight excluding hydrogens is 562 g/mol. The van der Waals surface area contributed by atoms with Crippen LogP contribution >= 0.6 is 11.6 Å². The third-order valence-electron chi connectivity index (χ3n) is 7.52. The summed E-state index contributed by atoms with van der Waals surface area (Å²) in [7, 11) is 3.66. The van der Waals surface area contributed by atoms with Crippen LogP contribution in [0, 0.1) is 6.92 Å². The maximum atomic E-state index is 12.3. The van der Waals surface area contributed by atoms with Gasteiger partial charge in [-0.3, -0.25) is 9.69 Å². The smallest absolute Gasteiger partial charge is 0.247 e. The molecule has 2 saturated heterocycles. The quantitative estimate of drug-likeness (QED) is 0.268. The molecule has 4 N–H and O–H groups in total. The fourth-order valence-corrected chi connectivity index (χ4v) is 5.28. The van der Waals surface area contributed by atoms with Crippen molar-refractivity contribution in [2.24, 2.45) is 0 Å². The Morgan fingerprint density at radius 2 is 1.90 bits per heavy atom. The monoisotopic (exact) mass is 597 g/mol. The number of piperazine rings is 1. The molecule has 5 rings (SSSR count). The van der Waals surface area contributed by atoms with E-state index >= 15 is 0 Å². The first-order valence-electron chi connectivity index (χ1n) is 13.7. The van der Waals surface area contributed by atoms with Crippen LogP contribution in [-0.4, -0.2) is 111 Å². The minimum Gasteiger partial charge on any atom is -0.494 e. The molecule has 0 saturated carbocycles. The normalized spacial score (nSPS) is 19.6. The predicted molar refractivity (Wildman–Crippen MR) is 161 cm³/mol. The van der Waals surface area contributed by atoms with Crippen LogP contribution in [0.3, 0.4) is 0 Å². The molecule has 13 nitrogen and oxygen atoms in total. The summed E-state index contributed by atoms with van der Waals surface area (Å²) in [4.78, 5) is 27.7. The molecule has 42 heavy (non-hydrogen) atoms. The Balaban J connectivity index is 1.43. The lowest BCUT2D eigenvalue weighted by Gasteiger charge is -2.35. The lowest BCUT2D eigenvalue weighted by molar-refractivity contribution is -0.111. The SMILES string of the molecule is C=CC(=O)Nc1cc(Nc2ncc(Cl)c(-n3cc(CN4C[C@@H](O)[C@@H](O)C4)c(C)n3)n2)c(OC)cc1N1CCN(C)CC1. The standard InChI is InChI=1S/C28H36ClN9O4/c1-5-26(41)31-20-10-21(25(42-4)11-22(20)37-8-6-35(3)7-9-37)32-28-30-12-19(29)27(33-28)38-14-18(17(2)34-38)13-36-15-23(39)24(40)16-36/h5,10-12,14,23-24,39-40H,1,6-9,13,15-16H2,2-4H3,(H,31,41)(H,30,32,33)/t23-,24+. The average molecular weight is 598 g/mol. The predicted octanol–water partition coefficient (Wildman–Crippen LogP) is 1.79. The van der Waals surface area contributed by atoms with Gasteiger partial charge < -0.3 is 35.4 Å². The third-order valence-corrected chi connectivity index (χ3v) is 7.79. The molecule has 0 bridgehead atoms. The van der Waals surface area contributed by atoms with E-state index in [4.69, 9.17) is 16.3 Å². The number of aliphatic hydroxyl groups is 2. The van der Waals surface area contributed by atoms with Crippen LogP contribution in [0.5, 0.6) is 5.75 Å². The number of nitrogens with one attached hydrogen (secondary N) is 2. The number of likely N-dealkylation sites (N-methyl/N-ethyl adjacent to an activating group) is 1. The second-order valence-corrected chi connectivity index (χ2v) is 11.0. The van der Waals surface area contributed by atoms with E-state index < -0.39 is 12.2 Å². The summed E-state index contributed by atoms with van der Waals surface area (Å²) in [6.45, 7) is 10.2. The zero-order valence-electron chi connectivity index (χ0n) is 23.9. The van der Waals surface area contributed by atoms with E-state index in [1.165, 1.54) is 12.3 Å². The van der Waals surface area contributed by atoms with Crippen molar-refractivity contribution in [1.82, 2.24) is 29.5 Å². The van der Waals surface area contributed by atoms with Crippen LogP contribution in [0.25, 0.3) is 5.82 Å². The number of β-amino-alcohol motifs (C(OH)–C–C–N with tert-alkyl or cyclic N) is 2. The van der Waals surface area contributed by atoms with E-state index in [-0.39, 0.29) is 11.9 Å². The number of carbonyl (C=O) groups is 1. The molecule has 224 valence electrons. The number of halogens is 1. The second kappa shape index (κ2) is 12.6. The fourth-order valence-electron chi connectivity index (χ4n) is 5.10. The Labute approximate surface area is 249 Å². The molecule has 0 unspecified atom stereocenters. The number of ether oxygens (including phenoxy) is 1. The first-order chi connectivity index (χ1) is 20.1. The second-order valence-electron chi connectivity index (χ2n) is 10.6. The number of methoxy groups -OCH3 is 1. The van der Waals surface area contributed by atoms with Gasteiger partial charge in [-0.2, -0.15) is 10.1 Å². The van der Waals surface area contributed by atoms with E-state index in [0.717, 1.165) is 43.1 Å². The molecule has 2 fully saturated rings. The Morgan fingerprint density at radius 1 is 1.19 bits per heavy atom. The van der Waals surface area contributed by atoms with Crippen LogP contribution in [0.1, 0.15) is 11.3 Å². The number of nitrogens with zero attached hydrogens (tertiary/aromatic N) is 7. The molecule has 1 aromatic carbocycles. The number of aryl methyl sites for hydroxylation is 1. The summed E-state index contributed by atoms with van der Waals surface area (Å²) in [6, 6.07) is 3.68. The summed E-state index contributed by atoms with van der Waals surface area (Å²) < 4.78 is 7.31. The molecule has 0 aliphatic carbocycles. The van der Waals surface area contributed by atoms with Crippen molar-refractivity contribution in [3.05, 3.63) is 53.5 Å². The van der Waals surface area contributed by atoms with Gasteiger partial charge in [0.15, 0.2) is 5.82 Å². The van der Waals surface area contributed by atoms with Crippen LogP contribution in [0.15, 0.2) is 37.2 Å². The summed E-state index contributed by atoms with van der Waals surface area (Å²) in [5, 5.41) is 30.8. The van der Waals surface area contributed by atoms with E-state index in [2.05, 4.69) is 49.1 Å². The van der Waals surface area contributed by atoms with Gasteiger partial charge in [0.25, 0.3) is 0 Å². The van der Waals surface area contributed by atoms with Gasteiger partial charge in [-0.25, -0.2) is 9.67 Å². The largest absolute Gasteiger partial charge is 0.494 e. The van der Waals surface area contributed by atoms with Crippen molar-refractivity contribution in [1.29, 1.82) is 0 Å². The molecule has 2 aliphatic rings. The Morgan fingerprint density at radius 3 is 2.57 bits per heavy atom. The van der Waals surface area contributed by atoms with Gasteiger partial charge in [-0.05, 0) is 26.1 Å². The number of anilines is 4. The Kier molecular flexibility index (Phi) is 8.94. The molecule has 2 aliphatic heterocycles. The van der Waals surface area contributed by atoms with Crippen LogP contribution in [-0.2, 0) is 11.3 Å². The van der Waals surface area contributed by atoms with Gasteiger partial charge in [0, 0.05) is 63.6 Å². The first-order valence-corrected chi connectivity index (χ1v) is 14.1. The highest BCUT2D eigenvalue weighted by atomic mass is 35.5. The maximum Gasteiger partial charge on any atom is 0.247 e. The summed E-state index contributed by atoms with van der Waals surface area (Å²) in [5.74, 6) is 0.849. The number of aliphatic hydroxyl groups excluding tert-OH is 2. The minimum atomic E-state index is -0.761. The van der Waals surface area contributed by atoms with Gasteiger partial charge >= 0.3 is 0 Å². The number of amides is 1. The van der Waals surface area contributed by atoms with Crippen LogP contribution in [0.2, 0.25) is 5.02 Å². The average Bonchev–Trinajstić information content (AvgIpc) is 3.49. The van der Waals surface area contributed by atoms with Gasteiger partial charge in [0.05, 0.1) is 48.3 Å². The van der Waals surface area contributed by atoms with E-state index in [0.29, 0.717) is 47.6 Å². The lowest BCUT2D eigenvalue weighted by Crippen LogP contribution is -2.44. The van der Waals surface area contributed by atoms with E-state index in [9.17, 15) is 15.0 Å². The molecule has 3 aromatic rings. The number of likely N-dealkylation sites (tertiary alicyclic amines) is 1. The number of rotatable bonds is 9. The molecule has 0 radical (unpaired) electrons. The number of aromatic nitrogens is 4. The zero-order chi connectivity index (χ0) is 30.0. The van der Waals surface area contributed by atoms with Crippen LogP contribution < -0.4 is 20.3 Å². The van der Waals surface area contributed by atoms with Crippen molar-refractivity contribution in [3.63, 3.8) is 0 Å². The minimum absolute atomic E-state index is 0.251. The lowest BCUT2D eigenvalue weighted by atomic mass is 10.1. The van der Waals surface area contributed by atoms with Crippen molar-refractivity contribution in [2.45, 2.75) is 25.7 Å². The molecule has 2 atom stereocenters. The van der Waals surface area contributed by atoms with Gasteiger partial charge in [0.2, 0.25) is 11.9 Å². The molecule has 2 aromatic heterocycles. The Bertz CT molecular complexity index is 1450. The van der Waals surface area contributed by atoms with Gasteiger partial charge in [0.1, 0.15) is 10.8 Å². The highest BCUT2D eigenvalue weighted by molar-refractivity contribution is 6.32. The summed E-state index contributed by atoms with van der Waals surface area (Å²) in [6.07, 6.45) is 3.03. The van der Waals surface area contributed by atoms with Gasteiger partial charge in [-0.15, -0.1) is 0 Å². The topological polar surface area (TPSA) is 144 Å². The highest BCUT2D eigenvalue weighted by Gasteiger charge is 2.30. The van der Waals surface area contributed by atoms with Crippen molar-refractivity contribution < 1.29 is 19.7 Å². The summed E-state index contributed by atoms with van der Waals surface area (Å²) >= 11 is 6.50. The Hall–Kier alpha value is -3.75. The highest BCUT2D eigenvalue weighted by Crippen LogP contribution is 2.39. The van der Waals surface area contributed by atoms with Crippen molar-refractivity contribution >= 4 is 40.5 Å². The first kappa shape index (κ1) is 29.7. The fraction of sp³-hybridized carbons (Fsp3) is 0.429. The summed E-state index contributed by atoms with van der Waals surface area (Å²) in [5.41, 5.74) is 3.69. The molecule has 14 heteroatoms. The van der Waals surface area contributed by atoms with Crippen molar-refractivity contribution in [2.75, 3.05) is 69.0 Å². The van der Waals surface area contributed by atoms with Crippen molar-refractivity contribution in [3.8, 4) is 11.6 Å². The molecule has 1 amide bonds. The molecule has 0 spiro atoms. The molecular formula is C28H36ClN9O4. The van der Waals surface area contributed by atoms with Gasteiger partial charge in [-0.1, -0.05) is 18.2 Å². The van der Waals surface area contributed by atoms with E-state index in [1.807, 2.05) is 24.1 Å². The molecule has 4 heterocycles. The number of hydrogen-bond donors (Lipinski definition) is 4. The number of hydrogen-bond acceptors (Lipinski definition) is 11.